The molecular formula is C32H43BrFN5O5. The summed E-state index contributed by atoms with van der Waals surface area (Å²) in [6.45, 7) is 15.5. The lowest BCUT2D eigenvalue weighted by molar-refractivity contribution is 0.0963. The van der Waals surface area contributed by atoms with E-state index in [-0.39, 0.29) is 48.2 Å². The molecule has 2 aliphatic rings. The predicted molar refractivity (Wildman–Crippen MR) is 173 cm³/mol. The van der Waals surface area contributed by atoms with E-state index in [4.69, 9.17) is 14.2 Å². The molecule has 0 aliphatic carbocycles. The van der Waals surface area contributed by atoms with Gasteiger partial charge in [0.05, 0.1) is 54.3 Å². The van der Waals surface area contributed by atoms with Gasteiger partial charge in [0.25, 0.3) is 0 Å². The third-order valence-corrected chi connectivity index (χ3v) is 8.13. The molecule has 0 atom stereocenters. The summed E-state index contributed by atoms with van der Waals surface area (Å²) in [4.78, 5) is 32.1. The highest BCUT2D eigenvalue weighted by Crippen LogP contribution is 2.42. The van der Waals surface area contributed by atoms with Gasteiger partial charge in [-0.3, -0.25) is 4.79 Å². The number of nitrogens with one attached hydrogen (secondary N) is 1. The lowest BCUT2D eigenvalue weighted by Crippen LogP contribution is -2.52. The van der Waals surface area contributed by atoms with Crippen molar-refractivity contribution in [2.45, 2.75) is 53.5 Å². The van der Waals surface area contributed by atoms with E-state index in [0.29, 0.717) is 67.8 Å². The summed E-state index contributed by atoms with van der Waals surface area (Å²) in [5, 5.41) is 2.86. The minimum absolute atomic E-state index is 0.0210. The summed E-state index contributed by atoms with van der Waals surface area (Å²) in [5.74, 6) is 0.699. The summed E-state index contributed by atoms with van der Waals surface area (Å²) >= 11 is 3.17. The Labute approximate surface area is 267 Å². The van der Waals surface area contributed by atoms with Crippen LogP contribution >= 0.6 is 16.1 Å². The van der Waals surface area contributed by atoms with E-state index in [9.17, 15) is 9.59 Å². The van der Waals surface area contributed by atoms with Gasteiger partial charge >= 0.3 is 6.03 Å². The molecule has 4 rings (SSSR count). The summed E-state index contributed by atoms with van der Waals surface area (Å²) in [7, 11) is 1.64. The second-order valence-electron chi connectivity index (χ2n) is 11.7. The molecule has 0 radical (unpaired) electrons. The Bertz CT molecular complexity index is 1420. The van der Waals surface area contributed by atoms with Crippen LogP contribution in [0.2, 0.25) is 0 Å². The second kappa shape index (κ2) is 14.0. The van der Waals surface area contributed by atoms with Crippen molar-refractivity contribution < 1.29 is 28.2 Å². The van der Waals surface area contributed by atoms with Gasteiger partial charge in [-0.05, 0) is 49.9 Å². The monoisotopic (exact) mass is 675 g/mol. The number of carbonyl (C=O) groups is 2. The summed E-state index contributed by atoms with van der Waals surface area (Å²) in [6.07, 6.45) is 0. The Kier molecular flexibility index (Phi) is 10.6. The average Bonchev–Trinajstić information content (AvgIpc) is 3.35. The first-order valence-corrected chi connectivity index (χ1v) is 15.8. The van der Waals surface area contributed by atoms with Gasteiger partial charge in [0.15, 0.2) is 23.1 Å². The predicted octanol–water partition coefficient (Wildman–Crippen LogP) is 5.54. The van der Waals surface area contributed by atoms with Crippen LogP contribution in [-0.4, -0.2) is 87.0 Å². The van der Waals surface area contributed by atoms with E-state index in [0.717, 1.165) is 11.3 Å². The minimum atomic E-state index is -0.561. The van der Waals surface area contributed by atoms with Gasteiger partial charge in [0, 0.05) is 50.4 Å². The maximum Gasteiger partial charge on any atom is 0.317 e. The van der Waals surface area contributed by atoms with Crippen LogP contribution in [0.15, 0.2) is 22.2 Å². The van der Waals surface area contributed by atoms with Gasteiger partial charge in [-0.15, -0.1) is 0 Å². The number of amides is 2. The van der Waals surface area contributed by atoms with Crippen LogP contribution in [0.25, 0.3) is 0 Å². The number of piperazine rings is 1. The first-order chi connectivity index (χ1) is 21.0. The molecule has 0 spiro atoms. The van der Waals surface area contributed by atoms with Crippen molar-refractivity contribution in [1.29, 1.82) is 0 Å². The summed E-state index contributed by atoms with van der Waals surface area (Å²) in [5.41, 5.74) is 2.87. The SMILES string of the molecule is CCNC(=O)N1CCN(c2cc(C(=O)CN3Cc4cc(OCC)c(OCC)c(F)c4C3=NBr)cc(C(C)(C)C)c2OC)CC1. The molecule has 0 aromatic heterocycles. The van der Waals surface area contributed by atoms with Crippen LogP contribution < -0.4 is 24.4 Å². The molecule has 44 heavy (non-hydrogen) atoms. The molecule has 2 aromatic carbocycles. The van der Waals surface area contributed by atoms with Crippen LogP contribution in [0.5, 0.6) is 17.2 Å². The number of benzene rings is 2. The highest BCUT2D eigenvalue weighted by Gasteiger charge is 2.35. The number of halogens is 2. The van der Waals surface area contributed by atoms with Crippen molar-refractivity contribution in [2.24, 2.45) is 4.02 Å². The molecule has 240 valence electrons. The molecule has 1 N–H and O–H groups in total. The lowest BCUT2D eigenvalue weighted by Gasteiger charge is -2.37. The topological polar surface area (TPSA) is 95.9 Å². The van der Waals surface area contributed by atoms with Crippen molar-refractivity contribution in [1.82, 2.24) is 15.1 Å². The van der Waals surface area contributed by atoms with E-state index in [1.165, 1.54) is 0 Å². The van der Waals surface area contributed by atoms with Crippen molar-refractivity contribution in [2.75, 3.05) is 64.5 Å². The Morgan fingerprint density at radius 2 is 1.70 bits per heavy atom. The maximum atomic E-state index is 15.8. The number of amidine groups is 1. The third-order valence-electron chi connectivity index (χ3n) is 7.80. The van der Waals surface area contributed by atoms with E-state index < -0.39 is 5.82 Å². The maximum absolute atomic E-state index is 15.8. The van der Waals surface area contributed by atoms with Gasteiger partial charge in [0.1, 0.15) is 11.6 Å². The molecule has 1 saturated heterocycles. The summed E-state index contributed by atoms with van der Waals surface area (Å²) < 4.78 is 37.2. The smallest absolute Gasteiger partial charge is 0.317 e. The van der Waals surface area contributed by atoms with Crippen molar-refractivity contribution in [3.05, 3.63) is 46.3 Å². The van der Waals surface area contributed by atoms with Crippen LogP contribution in [-0.2, 0) is 12.0 Å². The number of hydrogen-bond acceptors (Lipinski definition) is 7. The number of anilines is 1. The van der Waals surface area contributed by atoms with E-state index in [1.807, 2.05) is 26.0 Å². The fourth-order valence-corrected chi connectivity index (χ4v) is 6.09. The number of urea groups is 1. The minimum Gasteiger partial charge on any atom is -0.494 e. The van der Waals surface area contributed by atoms with Crippen molar-refractivity contribution in [3.8, 4) is 17.2 Å². The third kappa shape index (κ3) is 6.74. The van der Waals surface area contributed by atoms with Gasteiger partial charge in [-0.25, -0.2) is 9.18 Å². The molecule has 2 heterocycles. The van der Waals surface area contributed by atoms with Gasteiger partial charge in [-0.2, -0.15) is 4.02 Å². The zero-order valence-electron chi connectivity index (χ0n) is 26.7. The molecule has 10 nitrogen and oxygen atoms in total. The Morgan fingerprint density at radius 1 is 1.02 bits per heavy atom. The van der Waals surface area contributed by atoms with Gasteiger partial charge in [-0.1, -0.05) is 20.8 Å². The van der Waals surface area contributed by atoms with Crippen LogP contribution in [0, 0.1) is 5.82 Å². The highest BCUT2D eigenvalue weighted by molar-refractivity contribution is 9.08. The quantitative estimate of drug-likeness (QED) is 0.331. The largest absolute Gasteiger partial charge is 0.494 e. The molecule has 2 amide bonds. The highest BCUT2D eigenvalue weighted by atomic mass is 79.9. The van der Waals surface area contributed by atoms with Crippen molar-refractivity contribution >= 4 is 39.5 Å². The number of methoxy groups -OCH3 is 1. The fourth-order valence-electron chi connectivity index (χ4n) is 5.69. The first-order valence-electron chi connectivity index (χ1n) is 15.1. The van der Waals surface area contributed by atoms with E-state index in [1.54, 1.807) is 29.9 Å². The second-order valence-corrected chi connectivity index (χ2v) is 12.1. The lowest BCUT2D eigenvalue weighted by atomic mass is 9.84. The molecule has 12 heteroatoms. The number of ketones is 1. The number of hydrogen-bond donors (Lipinski definition) is 1. The van der Waals surface area contributed by atoms with Crippen LogP contribution in [0.3, 0.4) is 0 Å². The molecule has 2 aliphatic heterocycles. The van der Waals surface area contributed by atoms with Crippen molar-refractivity contribution in [3.63, 3.8) is 0 Å². The first kappa shape index (κ1) is 33.4. The summed E-state index contributed by atoms with van der Waals surface area (Å²) in [6, 6.07) is 5.45. The molecule has 0 unspecified atom stereocenters. The normalized spacial score (nSPS) is 15.8. The molecular weight excluding hydrogens is 633 g/mol. The Hall–Kier alpha value is -3.54. The average molecular weight is 677 g/mol. The fraction of sp³-hybridized carbons (Fsp3) is 0.531. The van der Waals surface area contributed by atoms with Gasteiger partial charge < -0.3 is 34.2 Å². The number of nitrogens with zero attached hydrogens (tertiary/aromatic N) is 4. The van der Waals surface area contributed by atoms with E-state index in [2.05, 4.69) is 51.2 Å². The molecule has 2 aromatic rings. The number of fused-ring (bicyclic) bond motifs is 1. The Morgan fingerprint density at radius 3 is 2.27 bits per heavy atom. The van der Waals surface area contributed by atoms with Crippen LogP contribution in [0.4, 0.5) is 14.9 Å². The number of rotatable bonds is 10. The molecule has 1 fully saturated rings. The van der Waals surface area contributed by atoms with E-state index >= 15 is 4.39 Å². The molecule has 0 bridgehead atoms. The number of ether oxygens (including phenoxy) is 3. The Balaban J connectivity index is 1.66. The molecule has 0 saturated carbocycles. The zero-order chi connectivity index (χ0) is 32.2. The van der Waals surface area contributed by atoms with Gasteiger partial charge in [0.2, 0.25) is 0 Å². The number of carbonyl (C=O) groups excluding carboxylic acids is 2. The number of Topliss-reactive ketones (excluding diaryl/α,β-unsaturated/α-hetero) is 1. The zero-order valence-corrected chi connectivity index (χ0v) is 28.3. The standard InChI is InChI=1S/C32H43BrFN5O5/c1-8-35-31(41)38-13-11-37(12-14-38)23-16-20(15-22(28(23)42-7)32(4,5)6)24(40)19-39-18-21-17-25(43-9-2)29(44-10-3)27(34)26(21)30(39)36-33/h15-17H,8-14,18-19H2,1-7H3,(H,35,41). The van der Waals surface area contributed by atoms with Crippen LogP contribution in [0.1, 0.15) is 68.6 Å².